The number of hydrogen-bond acceptors (Lipinski definition) is 2. The molecule has 0 bridgehead atoms. The van der Waals surface area contributed by atoms with Crippen LogP contribution in [0.4, 0.5) is 0 Å². The maximum absolute atomic E-state index is 9.47. The smallest absolute Gasteiger partial charge is 0.118 e. The van der Waals surface area contributed by atoms with E-state index in [-0.39, 0.29) is 6.61 Å². The molecular formula is C12H16O2. The third kappa shape index (κ3) is 3.23. The number of phenols is 1. The predicted octanol–water partition coefficient (Wildman–Crippen LogP) is 2.26. The van der Waals surface area contributed by atoms with Crippen LogP contribution in [0.5, 0.6) is 5.75 Å². The van der Waals surface area contributed by atoms with Crippen LogP contribution in [0.2, 0.25) is 0 Å². The van der Waals surface area contributed by atoms with Gasteiger partial charge in [-0.3, -0.25) is 0 Å². The number of phenolic OH excluding ortho intramolecular Hbond substituents is 1. The van der Waals surface area contributed by atoms with E-state index in [0.29, 0.717) is 12.2 Å². The summed E-state index contributed by atoms with van der Waals surface area (Å²) in [5.74, 6) is 0.337. The van der Waals surface area contributed by atoms with Crippen LogP contribution in [0.3, 0.4) is 0 Å². The Morgan fingerprint density at radius 1 is 1.21 bits per heavy atom. The van der Waals surface area contributed by atoms with Crippen LogP contribution >= 0.6 is 0 Å². The lowest BCUT2D eigenvalue weighted by Gasteiger charge is -2.05. The summed E-state index contributed by atoms with van der Waals surface area (Å²) in [4.78, 5) is 0. The summed E-state index contributed by atoms with van der Waals surface area (Å²) in [6.07, 6.45) is 2.25. The standard InChI is InChI=1S/C12H16O2/c1-10(8-9-13)6-7-11-4-2-3-5-12(11)14/h2-5,13-14H,1,6-9H2. The Labute approximate surface area is 84.5 Å². The van der Waals surface area contributed by atoms with Crippen molar-refractivity contribution in [3.8, 4) is 5.75 Å². The van der Waals surface area contributed by atoms with Crippen molar-refractivity contribution in [2.75, 3.05) is 6.61 Å². The third-order valence-corrected chi connectivity index (χ3v) is 2.20. The Balaban J connectivity index is 2.46. The van der Waals surface area contributed by atoms with E-state index in [1.165, 1.54) is 0 Å². The molecule has 0 heterocycles. The Hall–Kier alpha value is -1.28. The maximum atomic E-state index is 9.47. The first-order chi connectivity index (χ1) is 6.74. The summed E-state index contributed by atoms with van der Waals surface area (Å²) in [5.41, 5.74) is 1.96. The van der Waals surface area contributed by atoms with E-state index in [0.717, 1.165) is 24.0 Å². The van der Waals surface area contributed by atoms with Gasteiger partial charge in [-0.25, -0.2) is 0 Å². The second kappa shape index (κ2) is 5.45. The molecule has 0 unspecified atom stereocenters. The van der Waals surface area contributed by atoms with E-state index in [1.54, 1.807) is 12.1 Å². The molecule has 1 aromatic rings. The van der Waals surface area contributed by atoms with Crippen molar-refractivity contribution in [3.05, 3.63) is 42.0 Å². The van der Waals surface area contributed by atoms with Gasteiger partial charge < -0.3 is 10.2 Å². The minimum Gasteiger partial charge on any atom is -0.508 e. The summed E-state index contributed by atoms with van der Waals surface area (Å²) >= 11 is 0. The van der Waals surface area contributed by atoms with Gasteiger partial charge in [0.25, 0.3) is 0 Å². The molecule has 14 heavy (non-hydrogen) atoms. The average Bonchev–Trinajstić information content (AvgIpc) is 2.17. The molecular weight excluding hydrogens is 176 g/mol. The molecule has 2 heteroatoms. The summed E-state index contributed by atoms with van der Waals surface area (Å²) in [7, 11) is 0. The molecule has 0 fully saturated rings. The van der Waals surface area contributed by atoms with E-state index in [4.69, 9.17) is 5.11 Å². The first kappa shape index (κ1) is 10.8. The largest absolute Gasteiger partial charge is 0.508 e. The SMILES string of the molecule is C=C(CCO)CCc1ccccc1O. The van der Waals surface area contributed by atoms with E-state index in [9.17, 15) is 5.11 Å². The zero-order chi connectivity index (χ0) is 10.4. The Kier molecular flexibility index (Phi) is 4.20. The highest BCUT2D eigenvalue weighted by atomic mass is 16.3. The van der Waals surface area contributed by atoms with Crippen molar-refractivity contribution in [1.29, 1.82) is 0 Å². The number of aliphatic hydroxyl groups is 1. The van der Waals surface area contributed by atoms with Crippen molar-refractivity contribution >= 4 is 0 Å². The fraction of sp³-hybridized carbons (Fsp3) is 0.333. The van der Waals surface area contributed by atoms with Crippen molar-refractivity contribution in [2.45, 2.75) is 19.3 Å². The van der Waals surface area contributed by atoms with E-state index < -0.39 is 0 Å². The maximum Gasteiger partial charge on any atom is 0.118 e. The summed E-state index contributed by atoms with van der Waals surface area (Å²) in [6.45, 7) is 4.00. The van der Waals surface area contributed by atoms with Crippen LogP contribution < -0.4 is 0 Å². The molecule has 0 spiro atoms. The Bertz CT molecular complexity index is 305. The monoisotopic (exact) mass is 192 g/mol. The number of hydrogen-bond donors (Lipinski definition) is 2. The molecule has 2 nitrogen and oxygen atoms in total. The van der Waals surface area contributed by atoms with Crippen molar-refractivity contribution < 1.29 is 10.2 Å². The minimum absolute atomic E-state index is 0.152. The fourth-order valence-electron chi connectivity index (χ4n) is 1.32. The third-order valence-electron chi connectivity index (χ3n) is 2.20. The average molecular weight is 192 g/mol. The topological polar surface area (TPSA) is 40.5 Å². The second-order valence-electron chi connectivity index (χ2n) is 3.35. The van der Waals surface area contributed by atoms with Crippen molar-refractivity contribution in [3.63, 3.8) is 0 Å². The van der Waals surface area contributed by atoms with Crippen LogP contribution in [0.1, 0.15) is 18.4 Å². The summed E-state index contributed by atoms with van der Waals surface area (Å²) in [6, 6.07) is 7.30. The van der Waals surface area contributed by atoms with Gasteiger partial charge in [-0.05, 0) is 30.9 Å². The van der Waals surface area contributed by atoms with Crippen LogP contribution in [-0.4, -0.2) is 16.8 Å². The number of aryl methyl sites for hydroxylation is 1. The highest BCUT2D eigenvalue weighted by Gasteiger charge is 2.00. The van der Waals surface area contributed by atoms with Crippen molar-refractivity contribution in [1.82, 2.24) is 0 Å². The van der Waals surface area contributed by atoms with Gasteiger partial charge in [-0.1, -0.05) is 30.4 Å². The number of aromatic hydroxyl groups is 1. The van der Waals surface area contributed by atoms with Crippen LogP contribution in [-0.2, 0) is 6.42 Å². The molecule has 1 rings (SSSR count). The minimum atomic E-state index is 0.152. The normalized spacial score (nSPS) is 10.1. The van der Waals surface area contributed by atoms with Crippen molar-refractivity contribution in [2.24, 2.45) is 0 Å². The second-order valence-corrected chi connectivity index (χ2v) is 3.35. The van der Waals surface area contributed by atoms with E-state index in [1.807, 2.05) is 12.1 Å². The van der Waals surface area contributed by atoms with Gasteiger partial charge in [-0.2, -0.15) is 0 Å². The van der Waals surface area contributed by atoms with Gasteiger partial charge in [0.1, 0.15) is 5.75 Å². The number of para-hydroxylation sites is 1. The van der Waals surface area contributed by atoms with Crippen LogP contribution in [0, 0.1) is 0 Å². The zero-order valence-electron chi connectivity index (χ0n) is 8.24. The van der Waals surface area contributed by atoms with Gasteiger partial charge in [0, 0.05) is 6.61 Å². The van der Waals surface area contributed by atoms with E-state index in [2.05, 4.69) is 6.58 Å². The van der Waals surface area contributed by atoms with Gasteiger partial charge in [0.15, 0.2) is 0 Å². The molecule has 0 saturated heterocycles. The molecule has 0 atom stereocenters. The predicted molar refractivity (Wildman–Crippen MR) is 57.3 cm³/mol. The molecule has 2 N–H and O–H groups in total. The first-order valence-corrected chi connectivity index (χ1v) is 4.78. The summed E-state index contributed by atoms with van der Waals surface area (Å²) < 4.78 is 0. The molecule has 0 saturated carbocycles. The number of aliphatic hydroxyl groups excluding tert-OH is 1. The van der Waals surface area contributed by atoms with Gasteiger partial charge in [-0.15, -0.1) is 0 Å². The van der Waals surface area contributed by atoms with E-state index >= 15 is 0 Å². The first-order valence-electron chi connectivity index (χ1n) is 4.78. The summed E-state index contributed by atoms with van der Waals surface area (Å²) in [5, 5.41) is 18.2. The molecule has 1 aromatic carbocycles. The highest BCUT2D eigenvalue weighted by molar-refractivity contribution is 5.32. The molecule has 0 radical (unpaired) electrons. The lowest BCUT2D eigenvalue weighted by molar-refractivity contribution is 0.298. The number of benzene rings is 1. The fourth-order valence-corrected chi connectivity index (χ4v) is 1.32. The molecule has 0 aliphatic rings. The van der Waals surface area contributed by atoms with Crippen LogP contribution in [0.25, 0.3) is 0 Å². The molecule has 0 amide bonds. The quantitative estimate of drug-likeness (QED) is 0.702. The Morgan fingerprint density at radius 2 is 1.93 bits per heavy atom. The zero-order valence-corrected chi connectivity index (χ0v) is 8.24. The molecule has 76 valence electrons. The Morgan fingerprint density at radius 3 is 2.57 bits per heavy atom. The van der Waals surface area contributed by atoms with Crippen LogP contribution in [0.15, 0.2) is 36.4 Å². The molecule has 0 aliphatic carbocycles. The molecule has 0 aromatic heterocycles. The van der Waals surface area contributed by atoms with Gasteiger partial charge in [0.2, 0.25) is 0 Å². The highest BCUT2D eigenvalue weighted by Crippen LogP contribution is 2.19. The van der Waals surface area contributed by atoms with Gasteiger partial charge in [0.05, 0.1) is 0 Å². The number of rotatable bonds is 5. The lowest BCUT2D eigenvalue weighted by atomic mass is 10.0. The molecule has 0 aliphatic heterocycles. The lowest BCUT2D eigenvalue weighted by Crippen LogP contribution is -1.91. The van der Waals surface area contributed by atoms with Gasteiger partial charge >= 0.3 is 0 Å².